The molecule has 0 bridgehead atoms. The summed E-state index contributed by atoms with van der Waals surface area (Å²) in [4.78, 5) is 27.6. The predicted octanol–water partition coefficient (Wildman–Crippen LogP) is 5.80. The monoisotopic (exact) mass is 428 g/mol. The van der Waals surface area contributed by atoms with Crippen molar-refractivity contribution in [3.8, 4) is 0 Å². The number of benzene rings is 3. The number of nitrogens with zero attached hydrogens (tertiary/aromatic N) is 1. The molecule has 32 heavy (non-hydrogen) atoms. The molecule has 4 rings (SSSR count). The number of anilines is 4. The van der Waals surface area contributed by atoms with Gasteiger partial charge < -0.3 is 20.9 Å². The number of aryl methyl sites for hydroxylation is 2. The summed E-state index contributed by atoms with van der Waals surface area (Å²) in [6.07, 6.45) is 2.25. The number of rotatable bonds is 5. The molecule has 6 heteroatoms. The molecule has 3 aromatic carbocycles. The number of amides is 3. The van der Waals surface area contributed by atoms with Gasteiger partial charge in [-0.15, -0.1) is 0 Å². The SMILES string of the molecule is Cc1ccc(NC(=O)Nc2cc(NC(=O)c3ccccc3)ccc2N2CCCC2)cc1C. The molecule has 1 aliphatic rings. The van der Waals surface area contributed by atoms with Crippen molar-refractivity contribution in [2.24, 2.45) is 0 Å². The lowest BCUT2D eigenvalue weighted by molar-refractivity contribution is 0.102. The Morgan fingerprint density at radius 1 is 0.750 bits per heavy atom. The van der Waals surface area contributed by atoms with E-state index in [4.69, 9.17) is 0 Å². The van der Waals surface area contributed by atoms with E-state index in [0.717, 1.165) is 42.9 Å². The molecule has 0 saturated carbocycles. The van der Waals surface area contributed by atoms with Crippen molar-refractivity contribution in [3.05, 3.63) is 83.4 Å². The van der Waals surface area contributed by atoms with Gasteiger partial charge in [-0.25, -0.2) is 4.79 Å². The van der Waals surface area contributed by atoms with E-state index in [2.05, 4.69) is 20.9 Å². The second kappa shape index (κ2) is 9.56. The number of nitrogens with one attached hydrogen (secondary N) is 3. The van der Waals surface area contributed by atoms with Crippen molar-refractivity contribution >= 4 is 34.7 Å². The molecule has 1 saturated heterocycles. The van der Waals surface area contributed by atoms with E-state index < -0.39 is 0 Å². The largest absolute Gasteiger partial charge is 0.370 e. The molecule has 1 fully saturated rings. The van der Waals surface area contributed by atoms with Crippen molar-refractivity contribution in [1.29, 1.82) is 0 Å². The van der Waals surface area contributed by atoms with Gasteiger partial charge in [-0.2, -0.15) is 0 Å². The Kier molecular flexibility index (Phi) is 6.40. The highest BCUT2D eigenvalue weighted by atomic mass is 16.2. The van der Waals surface area contributed by atoms with Crippen LogP contribution in [0.1, 0.15) is 34.3 Å². The molecule has 0 atom stereocenters. The van der Waals surface area contributed by atoms with Crippen LogP contribution in [0.4, 0.5) is 27.5 Å². The molecular weight excluding hydrogens is 400 g/mol. The molecule has 6 nitrogen and oxygen atoms in total. The number of carbonyl (C=O) groups excluding carboxylic acids is 2. The summed E-state index contributed by atoms with van der Waals surface area (Å²) in [5.41, 5.74) is 5.86. The normalized spacial score (nSPS) is 13.0. The summed E-state index contributed by atoms with van der Waals surface area (Å²) in [5.74, 6) is -0.190. The Bertz CT molecular complexity index is 1120. The van der Waals surface area contributed by atoms with Gasteiger partial charge in [0.05, 0.1) is 11.4 Å². The highest BCUT2D eigenvalue weighted by molar-refractivity contribution is 6.06. The van der Waals surface area contributed by atoms with Crippen LogP contribution in [-0.2, 0) is 0 Å². The van der Waals surface area contributed by atoms with Crippen LogP contribution in [0.2, 0.25) is 0 Å². The summed E-state index contributed by atoms with van der Waals surface area (Å²) in [5, 5.41) is 8.81. The third-order valence-electron chi connectivity index (χ3n) is 5.75. The standard InChI is InChI=1S/C26H28N4O2/c1-18-10-11-21(16-19(18)2)28-26(32)29-23-17-22(12-13-24(23)30-14-6-7-15-30)27-25(31)20-8-4-3-5-9-20/h3-5,8-13,16-17H,6-7,14-15H2,1-2H3,(H,27,31)(H2,28,29,32). The molecule has 3 amide bonds. The first-order valence-electron chi connectivity index (χ1n) is 10.9. The quantitative estimate of drug-likeness (QED) is 0.481. The summed E-state index contributed by atoms with van der Waals surface area (Å²) >= 11 is 0. The zero-order valence-electron chi connectivity index (χ0n) is 18.4. The maximum atomic E-state index is 12.8. The van der Waals surface area contributed by atoms with E-state index in [0.29, 0.717) is 16.9 Å². The minimum absolute atomic E-state index is 0.190. The van der Waals surface area contributed by atoms with Gasteiger partial charge in [-0.1, -0.05) is 24.3 Å². The average molecular weight is 429 g/mol. The molecule has 0 aromatic heterocycles. The molecule has 1 aliphatic heterocycles. The summed E-state index contributed by atoms with van der Waals surface area (Å²) in [7, 11) is 0. The first-order chi connectivity index (χ1) is 15.5. The Hall–Kier alpha value is -3.80. The lowest BCUT2D eigenvalue weighted by Gasteiger charge is -2.22. The van der Waals surface area contributed by atoms with E-state index in [1.807, 2.05) is 68.4 Å². The van der Waals surface area contributed by atoms with Crippen molar-refractivity contribution in [1.82, 2.24) is 0 Å². The Balaban J connectivity index is 1.54. The van der Waals surface area contributed by atoms with E-state index in [1.54, 1.807) is 12.1 Å². The second-order valence-electron chi connectivity index (χ2n) is 8.12. The lowest BCUT2D eigenvalue weighted by atomic mass is 10.1. The fourth-order valence-corrected chi connectivity index (χ4v) is 3.84. The first-order valence-corrected chi connectivity index (χ1v) is 10.9. The lowest BCUT2D eigenvalue weighted by Crippen LogP contribution is -2.24. The zero-order chi connectivity index (χ0) is 22.5. The van der Waals surface area contributed by atoms with E-state index in [9.17, 15) is 9.59 Å². The van der Waals surface area contributed by atoms with Gasteiger partial charge in [0.25, 0.3) is 5.91 Å². The Morgan fingerprint density at radius 2 is 1.44 bits per heavy atom. The van der Waals surface area contributed by atoms with Crippen LogP contribution in [0.25, 0.3) is 0 Å². The van der Waals surface area contributed by atoms with Crippen molar-refractivity contribution < 1.29 is 9.59 Å². The second-order valence-corrected chi connectivity index (χ2v) is 8.12. The molecule has 0 aliphatic carbocycles. The van der Waals surface area contributed by atoms with Gasteiger partial charge in [0.15, 0.2) is 0 Å². The number of hydrogen-bond donors (Lipinski definition) is 3. The molecule has 3 N–H and O–H groups in total. The minimum atomic E-state index is -0.319. The van der Waals surface area contributed by atoms with Gasteiger partial charge in [-0.05, 0) is 80.3 Å². The smallest absolute Gasteiger partial charge is 0.323 e. The molecule has 3 aromatic rings. The van der Waals surface area contributed by atoms with Gasteiger partial charge >= 0.3 is 6.03 Å². The van der Waals surface area contributed by atoms with Crippen molar-refractivity contribution in [2.45, 2.75) is 26.7 Å². The predicted molar refractivity (Wildman–Crippen MR) is 131 cm³/mol. The third-order valence-corrected chi connectivity index (χ3v) is 5.75. The highest BCUT2D eigenvalue weighted by Crippen LogP contribution is 2.32. The van der Waals surface area contributed by atoms with Crippen LogP contribution < -0.4 is 20.9 Å². The van der Waals surface area contributed by atoms with Crippen molar-refractivity contribution in [2.75, 3.05) is 33.9 Å². The maximum Gasteiger partial charge on any atom is 0.323 e. The summed E-state index contributed by atoms with van der Waals surface area (Å²) in [6.45, 7) is 5.95. The molecule has 0 spiro atoms. The van der Waals surface area contributed by atoms with E-state index >= 15 is 0 Å². The molecule has 0 unspecified atom stereocenters. The summed E-state index contributed by atoms with van der Waals surface area (Å²) in [6, 6.07) is 20.2. The Labute approximate surface area is 188 Å². The molecule has 164 valence electrons. The topological polar surface area (TPSA) is 73.5 Å². The third kappa shape index (κ3) is 5.09. The molecule has 1 heterocycles. The fraction of sp³-hybridized carbons (Fsp3) is 0.231. The van der Waals surface area contributed by atoms with Crippen LogP contribution in [-0.4, -0.2) is 25.0 Å². The van der Waals surface area contributed by atoms with E-state index in [-0.39, 0.29) is 11.9 Å². The zero-order valence-corrected chi connectivity index (χ0v) is 18.4. The highest BCUT2D eigenvalue weighted by Gasteiger charge is 2.18. The maximum absolute atomic E-state index is 12.8. The van der Waals surface area contributed by atoms with Crippen molar-refractivity contribution in [3.63, 3.8) is 0 Å². The number of urea groups is 1. The minimum Gasteiger partial charge on any atom is -0.370 e. The first kappa shape index (κ1) is 21.4. The van der Waals surface area contributed by atoms with Crippen LogP contribution in [0, 0.1) is 13.8 Å². The number of hydrogen-bond acceptors (Lipinski definition) is 3. The van der Waals surface area contributed by atoms with Gasteiger partial charge in [-0.3, -0.25) is 4.79 Å². The van der Waals surface area contributed by atoms with Crippen LogP contribution >= 0.6 is 0 Å². The summed E-state index contributed by atoms with van der Waals surface area (Å²) < 4.78 is 0. The van der Waals surface area contributed by atoms with Gasteiger partial charge in [0.1, 0.15) is 0 Å². The van der Waals surface area contributed by atoms with Gasteiger partial charge in [0, 0.05) is 30.0 Å². The van der Waals surface area contributed by atoms with Crippen LogP contribution in [0.3, 0.4) is 0 Å². The van der Waals surface area contributed by atoms with Crippen LogP contribution in [0.15, 0.2) is 66.7 Å². The average Bonchev–Trinajstić information content (AvgIpc) is 3.32. The Morgan fingerprint density at radius 3 is 2.16 bits per heavy atom. The molecular formula is C26H28N4O2. The van der Waals surface area contributed by atoms with Crippen LogP contribution in [0.5, 0.6) is 0 Å². The van der Waals surface area contributed by atoms with E-state index in [1.165, 1.54) is 5.56 Å². The fourth-order valence-electron chi connectivity index (χ4n) is 3.84. The number of carbonyl (C=O) groups is 2. The molecule has 0 radical (unpaired) electrons. The van der Waals surface area contributed by atoms with Gasteiger partial charge in [0.2, 0.25) is 0 Å².